The Balaban J connectivity index is 1.59. The highest BCUT2D eigenvalue weighted by Gasteiger charge is 2.17. The molecule has 0 atom stereocenters. The predicted molar refractivity (Wildman–Crippen MR) is 90.6 cm³/mol. The lowest BCUT2D eigenvalue weighted by Crippen LogP contribution is -2.16. The van der Waals surface area contributed by atoms with Crippen molar-refractivity contribution >= 4 is 16.7 Å². The minimum absolute atomic E-state index is 0.0268. The van der Waals surface area contributed by atoms with Gasteiger partial charge in [0.15, 0.2) is 18.1 Å². The molecule has 9 nitrogen and oxygen atoms in total. The zero-order chi connectivity index (χ0) is 17.9. The number of ether oxygens (including phenoxy) is 1. The number of aromatic amines is 1. The Morgan fingerprint density at radius 2 is 1.77 bits per heavy atom. The first kappa shape index (κ1) is 15.6. The third kappa shape index (κ3) is 2.81. The summed E-state index contributed by atoms with van der Waals surface area (Å²) in [6, 6.07) is 15.9. The highest BCUT2D eigenvalue weighted by molar-refractivity contribution is 6.01. The maximum Gasteiger partial charge on any atom is 0.359 e. The van der Waals surface area contributed by atoms with E-state index in [0.717, 1.165) is 5.69 Å². The van der Waals surface area contributed by atoms with Gasteiger partial charge in [-0.15, -0.1) is 5.10 Å². The lowest BCUT2D eigenvalue weighted by atomic mass is 10.1. The quantitative estimate of drug-likeness (QED) is 0.552. The van der Waals surface area contributed by atoms with Crippen molar-refractivity contribution in [3.05, 3.63) is 76.5 Å². The van der Waals surface area contributed by atoms with Gasteiger partial charge in [0, 0.05) is 5.39 Å². The summed E-state index contributed by atoms with van der Waals surface area (Å²) in [4.78, 5) is 24.2. The van der Waals surface area contributed by atoms with Gasteiger partial charge in [0.25, 0.3) is 5.56 Å². The molecule has 0 aliphatic heterocycles. The molecule has 0 unspecified atom stereocenters. The number of hydrogen-bond acceptors (Lipinski definition) is 7. The highest BCUT2D eigenvalue weighted by atomic mass is 16.5. The molecule has 26 heavy (non-hydrogen) atoms. The van der Waals surface area contributed by atoms with E-state index in [9.17, 15) is 9.59 Å². The molecular weight excluding hydrogens is 336 g/mol. The van der Waals surface area contributed by atoms with E-state index in [2.05, 4.69) is 25.7 Å². The van der Waals surface area contributed by atoms with Gasteiger partial charge in [0.1, 0.15) is 0 Å². The molecule has 2 heterocycles. The third-order valence-corrected chi connectivity index (χ3v) is 3.76. The number of carbonyl (C=O) groups excluding carboxylic acids is 1. The molecule has 0 fully saturated rings. The molecule has 2 aromatic heterocycles. The summed E-state index contributed by atoms with van der Waals surface area (Å²) in [6.45, 7) is -0.143. The molecular formula is C17H12N6O3. The van der Waals surface area contributed by atoms with Crippen molar-refractivity contribution in [2.45, 2.75) is 6.61 Å². The van der Waals surface area contributed by atoms with E-state index in [-0.39, 0.29) is 17.9 Å². The molecule has 0 bridgehead atoms. The monoisotopic (exact) mass is 348 g/mol. The summed E-state index contributed by atoms with van der Waals surface area (Å²) >= 11 is 0. The normalized spacial score (nSPS) is 10.8. The summed E-state index contributed by atoms with van der Waals surface area (Å²) in [5.41, 5.74) is 0.403. The molecule has 2 aromatic carbocycles. The third-order valence-electron chi connectivity index (χ3n) is 3.76. The molecule has 9 heteroatoms. The van der Waals surface area contributed by atoms with Gasteiger partial charge in [-0.1, -0.05) is 36.4 Å². The van der Waals surface area contributed by atoms with Gasteiger partial charge >= 0.3 is 5.97 Å². The number of esters is 1. The summed E-state index contributed by atoms with van der Waals surface area (Å²) in [7, 11) is 0. The predicted octanol–water partition coefficient (Wildman–Crippen LogP) is 1.26. The number of nitrogens with zero attached hydrogens (tertiary/aromatic N) is 5. The summed E-state index contributed by atoms with van der Waals surface area (Å²) < 4.78 is 6.77. The number of rotatable bonds is 4. The topological polar surface area (TPSA) is 116 Å². The van der Waals surface area contributed by atoms with Crippen LogP contribution in [0.1, 0.15) is 16.3 Å². The van der Waals surface area contributed by atoms with Crippen LogP contribution < -0.4 is 5.56 Å². The molecule has 0 saturated heterocycles. The fourth-order valence-electron chi connectivity index (χ4n) is 2.53. The van der Waals surface area contributed by atoms with E-state index in [4.69, 9.17) is 4.74 Å². The van der Waals surface area contributed by atoms with E-state index < -0.39 is 5.97 Å². The SMILES string of the molecule is O=C(OCc1nnnn1-c1ccccc1)c1n[nH]c(=O)c2ccccc12. The van der Waals surface area contributed by atoms with Gasteiger partial charge in [-0.2, -0.15) is 9.78 Å². The van der Waals surface area contributed by atoms with Crippen LogP contribution in [-0.4, -0.2) is 36.4 Å². The number of H-pyrrole nitrogens is 1. The fourth-order valence-corrected chi connectivity index (χ4v) is 2.53. The minimum atomic E-state index is -0.680. The lowest BCUT2D eigenvalue weighted by Gasteiger charge is -2.07. The van der Waals surface area contributed by atoms with Crippen molar-refractivity contribution < 1.29 is 9.53 Å². The van der Waals surface area contributed by atoms with Crippen LogP contribution in [0.4, 0.5) is 0 Å². The highest BCUT2D eigenvalue weighted by Crippen LogP contribution is 2.14. The van der Waals surface area contributed by atoms with Gasteiger partial charge in [-0.3, -0.25) is 4.79 Å². The van der Waals surface area contributed by atoms with Gasteiger partial charge in [0.2, 0.25) is 0 Å². The zero-order valence-electron chi connectivity index (χ0n) is 13.4. The van der Waals surface area contributed by atoms with Crippen molar-refractivity contribution in [3.63, 3.8) is 0 Å². The molecule has 0 radical (unpaired) electrons. The second kappa shape index (κ2) is 6.55. The maximum absolute atomic E-state index is 12.4. The van der Waals surface area contributed by atoms with Crippen molar-refractivity contribution in [2.75, 3.05) is 0 Å². The smallest absolute Gasteiger partial charge is 0.359 e. The Morgan fingerprint density at radius 1 is 1.04 bits per heavy atom. The number of fused-ring (bicyclic) bond motifs is 1. The molecule has 1 N–H and O–H groups in total. The van der Waals surface area contributed by atoms with Gasteiger partial charge in [-0.25, -0.2) is 9.89 Å². The molecule has 0 amide bonds. The summed E-state index contributed by atoms with van der Waals surface area (Å²) in [5, 5.41) is 18.3. The van der Waals surface area contributed by atoms with Crippen LogP contribution in [-0.2, 0) is 11.3 Å². The molecule has 128 valence electrons. The zero-order valence-corrected chi connectivity index (χ0v) is 13.4. The Bertz CT molecular complexity index is 1140. The van der Waals surface area contributed by atoms with E-state index in [1.807, 2.05) is 30.3 Å². The van der Waals surface area contributed by atoms with Gasteiger partial charge in [0.05, 0.1) is 11.1 Å². The maximum atomic E-state index is 12.4. The largest absolute Gasteiger partial charge is 0.453 e. The van der Waals surface area contributed by atoms with Gasteiger partial charge < -0.3 is 4.74 Å². The summed E-state index contributed by atoms with van der Waals surface area (Å²) in [6.07, 6.45) is 0. The Kier molecular flexibility index (Phi) is 3.94. The van der Waals surface area contributed by atoms with E-state index in [1.165, 1.54) is 4.68 Å². The van der Waals surface area contributed by atoms with Crippen LogP contribution in [0.25, 0.3) is 16.5 Å². The van der Waals surface area contributed by atoms with Crippen LogP contribution in [0.3, 0.4) is 0 Å². The molecule has 0 saturated carbocycles. The standard InChI is InChI=1S/C17H12N6O3/c24-16-13-9-5-4-8-12(13)15(19-20-16)17(25)26-10-14-18-21-22-23(14)11-6-2-1-3-7-11/h1-9H,10H2,(H,20,24). The van der Waals surface area contributed by atoms with Crippen LogP contribution in [0.15, 0.2) is 59.4 Å². The van der Waals surface area contributed by atoms with Crippen LogP contribution >= 0.6 is 0 Å². The van der Waals surface area contributed by atoms with Crippen molar-refractivity contribution in [1.82, 2.24) is 30.4 Å². The lowest BCUT2D eigenvalue weighted by molar-refractivity contribution is 0.0453. The number of hydrogen-bond donors (Lipinski definition) is 1. The number of benzene rings is 2. The fraction of sp³-hybridized carbons (Fsp3) is 0.0588. The minimum Gasteiger partial charge on any atom is -0.453 e. The first-order chi connectivity index (χ1) is 12.7. The Hall–Kier alpha value is -3.88. The number of nitrogens with one attached hydrogen (secondary N) is 1. The van der Waals surface area contributed by atoms with Crippen molar-refractivity contribution in [1.29, 1.82) is 0 Å². The first-order valence-electron chi connectivity index (χ1n) is 7.71. The molecule has 0 spiro atoms. The van der Waals surface area contributed by atoms with Crippen molar-refractivity contribution in [2.24, 2.45) is 0 Å². The molecule has 4 rings (SSSR count). The first-order valence-corrected chi connectivity index (χ1v) is 7.71. The molecule has 0 aliphatic carbocycles. The average molecular weight is 348 g/mol. The van der Waals surface area contributed by atoms with Crippen molar-refractivity contribution in [3.8, 4) is 5.69 Å². The second-order valence-electron chi connectivity index (χ2n) is 5.37. The van der Waals surface area contributed by atoms with Crippen LogP contribution in [0.2, 0.25) is 0 Å². The number of para-hydroxylation sites is 1. The average Bonchev–Trinajstić information content (AvgIpc) is 3.16. The van der Waals surface area contributed by atoms with Crippen LogP contribution in [0, 0.1) is 0 Å². The number of aromatic nitrogens is 6. The second-order valence-corrected chi connectivity index (χ2v) is 5.37. The van der Waals surface area contributed by atoms with Crippen LogP contribution in [0.5, 0.6) is 0 Å². The van der Waals surface area contributed by atoms with E-state index in [0.29, 0.717) is 16.6 Å². The van der Waals surface area contributed by atoms with E-state index in [1.54, 1.807) is 24.3 Å². The number of tetrazole rings is 1. The molecule has 4 aromatic rings. The summed E-state index contributed by atoms with van der Waals surface area (Å²) in [5.74, 6) is -0.321. The Labute approximate surface area is 146 Å². The number of carbonyl (C=O) groups is 1. The van der Waals surface area contributed by atoms with E-state index >= 15 is 0 Å². The Morgan fingerprint density at radius 3 is 2.58 bits per heavy atom. The molecule has 0 aliphatic rings. The van der Waals surface area contributed by atoms with Gasteiger partial charge in [-0.05, 0) is 28.6 Å².